The molecule has 260 valence electrons. The van der Waals surface area contributed by atoms with Gasteiger partial charge in [0.1, 0.15) is 15.4 Å². The van der Waals surface area contributed by atoms with Crippen molar-refractivity contribution in [2.45, 2.75) is 85.2 Å². The number of sulfone groups is 2. The number of rotatable bonds is 5. The zero-order valence-corrected chi connectivity index (χ0v) is 29.9. The first-order chi connectivity index (χ1) is 21.5. The van der Waals surface area contributed by atoms with E-state index in [9.17, 15) is 31.8 Å². The number of hydrogen-bond donors (Lipinski definition) is 4. The van der Waals surface area contributed by atoms with E-state index in [1.165, 1.54) is 24.3 Å². The fourth-order valence-electron chi connectivity index (χ4n) is 7.27. The van der Waals surface area contributed by atoms with Crippen molar-refractivity contribution in [1.82, 2.24) is 0 Å². The Morgan fingerprint density at radius 1 is 0.809 bits per heavy atom. The summed E-state index contributed by atoms with van der Waals surface area (Å²) in [6, 6.07) is 5.46. The van der Waals surface area contributed by atoms with Gasteiger partial charge in [-0.3, -0.25) is 5.32 Å². The number of nitrogen functional groups attached to an aromatic ring is 1. The van der Waals surface area contributed by atoms with Crippen LogP contribution in [-0.2, 0) is 33.9 Å². The number of carbonyl (C=O) groups excluding carboxylic acids is 1. The van der Waals surface area contributed by atoms with E-state index in [-0.39, 0.29) is 42.0 Å². The second-order valence-corrected chi connectivity index (χ2v) is 20.4. The molecule has 4 aliphatic rings. The second kappa shape index (κ2) is 11.5. The molecule has 5 N–H and O–H groups in total. The lowest BCUT2D eigenvalue weighted by Gasteiger charge is -2.58. The summed E-state index contributed by atoms with van der Waals surface area (Å²) in [5, 5.41) is 22.9. The number of carbonyl (C=O) groups is 1. The van der Waals surface area contributed by atoms with Crippen LogP contribution in [0.15, 0.2) is 34.1 Å². The Labute approximate surface area is 284 Å². The average Bonchev–Trinajstić information content (AvgIpc) is 2.85. The summed E-state index contributed by atoms with van der Waals surface area (Å²) < 4.78 is 65.7. The van der Waals surface area contributed by atoms with Crippen molar-refractivity contribution in [2.24, 2.45) is 10.8 Å². The number of anilines is 2. The van der Waals surface area contributed by atoms with Gasteiger partial charge in [0.25, 0.3) is 0 Å². The molecular formula is C31H40Cl2N2O10S2. The first-order valence-electron chi connectivity index (χ1n) is 14.9. The van der Waals surface area contributed by atoms with Gasteiger partial charge in [-0.05, 0) is 84.6 Å². The number of ether oxygens (including phenoxy) is 3. The molecule has 2 aromatic carbocycles. The number of halogens is 2. The molecule has 47 heavy (non-hydrogen) atoms. The van der Waals surface area contributed by atoms with Crippen molar-refractivity contribution in [3.8, 4) is 11.5 Å². The third-order valence-electron chi connectivity index (χ3n) is 9.30. The number of aromatic hydroxyl groups is 2. The van der Waals surface area contributed by atoms with E-state index >= 15 is 0 Å². The van der Waals surface area contributed by atoms with Crippen LogP contribution in [0, 0.1) is 10.8 Å². The van der Waals surface area contributed by atoms with Crippen LogP contribution in [0.5, 0.6) is 11.5 Å². The molecule has 6 rings (SSSR count). The largest absolute Gasteiger partial charge is 0.504 e. The summed E-state index contributed by atoms with van der Waals surface area (Å²) in [5.74, 6) is -1.04. The Morgan fingerprint density at radius 3 is 1.60 bits per heavy atom. The number of benzene rings is 2. The van der Waals surface area contributed by atoms with Crippen LogP contribution in [0.4, 0.5) is 16.2 Å². The zero-order valence-electron chi connectivity index (χ0n) is 26.8. The Hall–Kier alpha value is -2.49. The highest BCUT2D eigenvalue weighted by Crippen LogP contribution is 2.60. The van der Waals surface area contributed by atoms with E-state index in [2.05, 4.69) is 5.32 Å². The van der Waals surface area contributed by atoms with E-state index < -0.39 is 52.4 Å². The Bertz CT molecular complexity index is 1820. The normalized spacial score (nSPS) is 23.6. The van der Waals surface area contributed by atoms with E-state index in [0.29, 0.717) is 52.1 Å². The SMILES string of the molecule is CC(C)(C)OC(=O)Nc1ccc(Cl)c(S(=O)(=O)C2(C)CC3(COC3)C2)c1O.CC1(S(=O)(=O)c2c(Cl)ccc(N)c2O)CC2(COC2)C1. The van der Waals surface area contributed by atoms with Crippen LogP contribution >= 0.6 is 23.2 Å². The van der Waals surface area contributed by atoms with Gasteiger partial charge in [0, 0.05) is 10.8 Å². The minimum Gasteiger partial charge on any atom is -0.504 e. The fourth-order valence-corrected chi connectivity index (χ4v) is 12.5. The van der Waals surface area contributed by atoms with E-state index in [1.807, 2.05) is 0 Å². The molecule has 4 fully saturated rings. The maximum Gasteiger partial charge on any atom is 0.412 e. The second-order valence-electron chi connectivity index (χ2n) is 14.8. The molecule has 0 unspecified atom stereocenters. The molecule has 2 saturated carbocycles. The molecule has 1 amide bonds. The highest BCUT2D eigenvalue weighted by Gasteiger charge is 2.64. The molecular weight excluding hydrogens is 695 g/mol. The topological polar surface area (TPSA) is 192 Å². The molecule has 0 aromatic heterocycles. The highest BCUT2D eigenvalue weighted by molar-refractivity contribution is 7.93. The zero-order chi connectivity index (χ0) is 35.0. The molecule has 2 aliphatic carbocycles. The third-order valence-corrected chi connectivity index (χ3v) is 15.2. The molecule has 2 spiro atoms. The van der Waals surface area contributed by atoms with Crippen LogP contribution in [0.2, 0.25) is 10.0 Å². The monoisotopic (exact) mass is 734 g/mol. The van der Waals surface area contributed by atoms with E-state index in [0.717, 1.165) is 0 Å². The molecule has 2 saturated heterocycles. The molecule has 0 atom stereocenters. The number of phenolic OH excluding ortho intramolecular Hbond substituents is 2. The van der Waals surface area contributed by atoms with Crippen molar-refractivity contribution in [2.75, 3.05) is 37.5 Å². The Morgan fingerprint density at radius 2 is 1.21 bits per heavy atom. The lowest BCUT2D eigenvalue weighted by Crippen LogP contribution is -2.62. The third kappa shape index (κ3) is 6.14. The van der Waals surface area contributed by atoms with Gasteiger partial charge in [-0.15, -0.1) is 0 Å². The van der Waals surface area contributed by atoms with E-state index in [4.69, 9.17) is 43.1 Å². The molecule has 0 bridgehead atoms. The smallest absolute Gasteiger partial charge is 0.412 e. The van der Waals surface area contributed by atoms with E-state index in [1.54, 1.807) is 34.6 Å². The predicted molar refractivity (Wildman–Crippen MR) is 177 cm³/mol. The number of nitrogens with one attached hydrogen (secondary N) is 1. The van der Waals surface area contributed by atoms with Crippen LogP contribution < -0.4 is 11.1 Å². The minimum atomic E-state index is -3.93. The maximum absolute atomic E-state index is 13.2. The van der Waals surface area contributed by atoms with Crippen LogP contribution in [0.25, 0.3) is 0 Å². The predicted octanol–water partition coefficient (Wildman–Crippen LogP) is 5.71. The van der Waals surface area contributed by atoms with Gasteiger partial charge in [0.05, 0.1) is 57.3 Å². The van der Waals surface area contributed by atoms with Gasteiger partial charge >= 0.3 is 6.09 Å². The standard InChI is InChI=1S/C18H24ClNO6S.C13H16ClNO4S/c1-16(2,3)26-15(22)20-12-6-5-11(19)14(13(12)21)27(23,24)17(4)7-18(8-17)9-25-10-18;1-12(4-13(5-12)6-19-7-13)20(17,18)11-8(14)2-3-9(15)10(11)16/h5-6,21H,7-10H2,1-4H3,(H,20,22);2-3,16H,4-7,15H2,1H3. The van der Waals surface area contributed by atoms with Crippen LogP contribution in [0.3, 0.4) is 0 Å². The van der Waals surface area contributed by atoms with Crippen LogP contribution in [-0.4, -0.2) is 74.7 Å². The lowest BCUT2D eigenvalue weighted by atomic mass is 9.61. The van der Waals surface area contributed by atoms with Crippen molar-refractivity contribution >= 4 is 60.3 Å². The van der Waals surface area contributed by atoms with Gasteiger partial charge in [-0.25, -0.2) is 21.6 Å². The highest BCUT2D eigenvalue weighted by atomic mass is 35.5. The molecule has 0 radical (unpaired) electrons. The van der Waals surface area contributed by atoms with Crippen molar-refractivity contribution in [1.29, 1.82) is 0 Å². The Kier molecular flexibility index (Phi) is 8.80. The van der Waals surface area contributed by atoms with Crippen molar-refractivity contribution in [3.05, 3.63) is 34.3 Å². The summed E-state index contributed by atoms with van der Waals surface area (Å²) >= 11 is 12.1. The van der Waals surface area contributed by atoms with Gasteiger partial charge in [-0.2, -0.15) is 0 Å². The maximum atomic E-state index is 13.2. The number of phenols is 2. The van der Waals surface area contributed by atoms with Crippen LogP contribution in [0.1, 0.15) is 60.3 Å². The van der Waals surface area contributed by atoms with Crippen molar-refractivity contribution in [3.63, 3.8) is 0 Å². The summed E-state index contributed by atoms with van der Waals surface area (Å²) in [5.41, 5.74) is 4.69. The minimum absolute atomic E-state index is 0.00346. The lowest BCUT2D eigenvalue weighted by molar-refractivity contribution is -0.168. The van der Waals surface area contributed by atoms with Gasteiger partial charge < -0.3 is 30.2 Å². The molecule has 12 nitrogen and oxygen atoms in total. The first kappa shape index (κ1) is 35.8. The summed E-state index contributed by atoms with van der Waals surface area (Å²) in [6.07, 6.45) is 1.13. The molecule has 2 aliphatic heterocycles. The summed E-state index contributed by atoms with van der Waals surface area (Å²) in [4.78, 5) is 11.4. The molecule has 16 heteroatoms. The molecule has 2 aromatic rings. The van der Waals surface area contributed by atoms with Gasteiger partial charge in [0.15, 0.2) is 31.2 Å². The number of hydrogen-bond acceptors (Lipinski definition) is 11. The quantitative estimate of drug-likeness (QED) is 0.217. The average molecular weight is 736 g/mol. The number of nitrogens with two attached hydrogens (primary N) is 1. The fraction of sp³-hybridized carbons (Fsp3) is 0.581. The Balaban J connectivity index is 0.000000193. The first-order valence-corrected chi connectivity index (χ1v) is 18.7. The van der Waals surface area contributed by atoms with Gasteiger partial charge in [0.2, 0.25) is 0 Å². The summed E-state index contributed by atoms with van der Waals surface area (Å²) in [7, 11) is -7.68. The number of amides is 1. The van der Waals surface area contributed by atoms with Crippen molar-refractivity contribution < 1.29 is 46.1 Å². The molecule has 2 heterocycles. The van der Waals surface area contributed by atoms with Gasteiger partial charge in [-0.1, -0.05) is 23.2 Å². The summed E-state index contributed by atoms with van der Waals surface area (Å²) in [6.45, 7) is 10.7.